The lowest BCUT2D eigenvalue weighted by molar-refractivity contribution is 0.744. The zero-order valence-electron chi connectivity index (χ0n) is 10.4. The summed E-state index contributed by atoms with van der Waals surface area (Å²) in [5, 5.41) is 0.754. The molecule has 92 valence electrons. The van der Waals surface area contributed by atoms with E-state index in [1.165, 1.54) is 5.56 Å². The third-order valence-corrected chi connectivity index (χ3v) is 2.97. The van der Waals surface area contributed by atoms with Gasteiger partial charge in [0.05, 0.1) is 6.04 Å². The highest BCUT2D eigenvalue weighted by atomic mass is 35.5. The molecule has 1 nitrogen and oxygen atoms in total. The zero-order chi connectivity index (χ0) is 12.8. The minimum Gasteiger partial charge on any atom is -0.289 e. The van der Waals surface area contributed by atoms with Crippen molar-refractivity contribution in [1.29, 1.82) is 0 Å². The fraction of sp³-hybridized carbons (Fsp3) is 0.188. The normalized spacial score (nSPS) is 12.8. The largest absolute Gasteiger partial charge is 0.289 e. The average Bonchev–Trinajstić information content (AvgIpc) is 2.39. The molecule has 0 saturated carbocycles. The van der Waals surface area contributed by atoms with E-state index < -0.39 is 0 Å². The van der Waals surface area contributed by atoms with Gasteiger partial charge in [0.2, 0.25) is 0 Å². The van der Waals surface area contributed by atoms with Gasteiger partial charge in [0.25, 0.3) is 0 Å². The second kappa shape index (κ2) is 6.36. The van der Waals surface area contributed by atoms with Crippen LogP contribution >= 0.6 is 11.6 Å². The van der Waals surface area contributed by atoms with Crippen molar-refractivity contribution in [3.63, 3.8) is 0 Å². The monoisotopic (exact) mass is 257 g/mol. The Hall–Kier alpha value is -1.60. The van der Waals surface area contributed by atoms with Gasteiger partial charge in [-0.25, -0.2) is 0 Å². The highest BCUT2D eigenvalue weighted by Crippen LogP contribution is 2.09. The Bertz CT molecular complexity index is 502. The van der Waals surface area contributed by atoms with Crippen molar-refractivity contribution < 1.29 is 0 Å². The van der Waals surface area contributed by atoms with Crippen LogP contribution in [0.1, 0.15) is 18.1 Å². The predicted octanol–water partition coefficient (Wildman–Crippen LogP) is 4.39. The number of halogens is 1. The Balaban J connectivity index is 1.95. The van der Waals surface area contributed by atoms with Crippen LogP contribution in [0.4, 0.5) is 0 Å². The summed E-state index contributed by atoms with van der Waals surface area (Å²) in [5.74, 6) is 0. The van der Waals surface area contributed by atoms with E-state index in [9.17, 15) is 0 Å². The van der Waals surface area contributed by atoms with Gasteiger partial charge in [-0.1, -0.05) is 54.1 Å². The maximum atomic E-state index is 5.84. The van der Waals surface area contributed by atoms with Gasteiger partial charge in [0, 0.05) is 11.2 Å². The first-order chi connectivity index (χ1) is 8.74. The predicted molar refractivity (Wildman–Crippen MR) is 78.7 cm³/mol. The molecule has 18 heavy (non-hydrogen) atoms. The van der Waals surface area contributed by atoms with Gasteiger partial charge >= 0.3 is 0 Å². The lowest BCUT2D eigenvalue weighted by Crippen LogP contribution is -2.03. The summed E-state index contributed by atoms with van der Waals surface area (Å²) in [6, 6.07) is 18.4. The van der Waals surface area contributed by atoms with E-state index in [2.05, 4.69) is 36.2 Å². The molecule has 2 rings (SSSR count). The Morgan fingerprint density at radius 1 is 1.06 bits per heavy atom. The fourth-order valence-corrected chi connectivity index (χ4v) is 1.90. The lowest BCUT2D eigenvalue weighted by atomic mass is 10.1. The molecule has 0 aromatic heterocycles. The first-order valence-electron chi connectivity index (χ1n) is 6.07. The Kier molecular flexibility index (Phi) is 4.54. The summed E-state index contributed by atoms with van der Waals surface area (Å²) in [5.41, 5.74) is 2.40. The van der Waals surface area contributed by atoms with Crippen LogP contribution in [0.3, 0.4) is 0 Å². The highest BCUT2D eigenvalue weighted by molar-refractivity contribution is 6.30. The number of hydrogen-bond acceptors (Lipinski definition) is 1. The van der Waals surface area contributed by atoms with E-state index in [-0.39, 0.29) is 6.04 Å². The van der Waals surface area contributed by atoms with Crippen LogP contribution in [0.2, 0.25) is 5.02 Å². The van der Waals surface area contributed by atoms with Crippen molar-refractivity contribution in [2.45, 2.75) is 19.4 Å². The van der Waals surface area contributed by atoms with Crippen LogP contribution in [0.25, 0.3) is 0 Å². The maximum Gasteiger partial charge on any atom is 0.0511 e. The van der Waals surface area contributed by atoms with Crippen LogP contribution in [0.15, 0.2) is 59.6 Å². The van der Waals surface area contributed by atoms with Crippen molar-refractivity contribution >= 4 is 17.8 Å². The average molecular weight is 258 g/mol. The number of benzene rings is 2. The number of rotatable bonds is 4. The minimum atomic E-state index is 0.281. The molecule has 0 spiro atoms. The summed E-state index contributed by atoms with van der Waals surface area (Å²) in [6.07, 6.45) is 2.87. The number of aliphatic imine (C=N–C) groups is 1. The highest BCUT2D eigenvalue weighted by Gasteiger charge is 1.99. The van der Waals surface area contributed by atoms with E-state index in [4.69, 9.17) is 11.6 Å². The van der Waals surface area contributed by atoms with E-state index in [1.807, 2.05) is 36.5 Å². The van der Waals surface area contributed by atoms with Crippen molar-refractivity contribution in [2.75, 3.05) is 0 Å². The van der Waals surface area contributed by atoms with Gasteiger partial charge in [-0.2, -0.15) is 0 Å². The number of nitrogens with zero attached hydrogens (tertiary/aromatic N) is 1. The lowest BCUT2D eigenvalue weighted by Gasteiger charge is -2.05. The first-order valence-corrected chi connectivity index (χ1v) is 6.44. The Labute approximate surface area is 113 Å². The molecular weight excluding hydrogens is 242 g/mol. The standard InChI is InChI=1S/C16H16ClN/c1-13(11-14-5-3-2-4-6-14)18-12-15-7-9-16(17)10-8-15/h2-10,12-13H,11H2,1H3. The molecule has 2 aromatic carbocycles. The third kappa shape index (κ3) is 4.01. The van der Waals surface area contributed by atoms with Gasteiger partial charge in [-0.3, -0.25) is 4.99 Å². The van der Waals surface area contributed by atoms with E-state index in [1.54, 1.807) is 0 Å². The van der Waals surface area contributed by atoms with Crippen molar-refractivity contribution in [2.24, 2.45) is 4.99 Å². The van der Waals surface area contributed by atoms with Crippen LogP contribution in [0, 0.1) is 0 Å². The second-order valence-electron chi connectivity index (χ2n) is 4.37. The molecule has 1 atom stereocenters. The fourth-order valence-electron chi connectivity index (χ4n) is 1.77. The van der Waals surface area contributed by atoms with E-state index >= 15 is 0 Å². The molecule has 0 bridgehead atoms. The molecule has 0 radical (unpaired) electrons. The van der Waals surface area contributed by atoms with Crippen molar-refractivity contribution in [3.8, 4) is 0 Å². The zero-order valence-corrected chi connectivity index (χ0v) is 11.1. The smallest absolute Gasteiger partial charge is 0.0511 e. The van der Waals surface area contributed by atoms with Gasteiger partial charge in [-0.05, 0) is 36.6 Å². The summed E-state index contributed by atoms with van der Waals surface area (Å²) < 4.78 is 0. The van der Waals surface area contributed by atoms with Crippen molar-refractivity contribution in [3.05, 3.63) is 70.7 Å². The SMILES string of the molecule is CC(Cc1ccccc1)N=Cc1ccc(Cl)cc1. The molecule has 0 fully saturated rings. The molecular formula is C16H16ClN. The topological polar surface area (TPSA) is 12.4 Å². The molecule has 0 heterocycles. The molecule has 0 saturated heterocycles. The Morgan fingerprint density at radius 2 is 1.72 bits per heavy atom. The summed E-state index contributed by atoms with van der Waals surface area (Å²) in [7, 11) is 0. The van der Waals surface area contributed by atoms with Crippen LogP contribution < -0.4 is 0 Å². The quantitative estimate of drug-likeness (QED) is 0.721. The van der Waals surface area contributed by atoms with Crippen molar-refractivity contribution in [1.82, 2.24) is 0 Å². The summed E-state index contributed by atoms with van der Waals surface area (Å²) in [6.45, 7) is 2.12. The molecule has 0 N–H and O–H groups in total. The van der Waals surface area contributed by atoms with Crippen LogP contribution in [-0.4, -0.2) is 12.3 Å². The van der Waals surface area contributed by atoms with Crippen LogP contribution in [-0.2, 0) is 6.42 Å². The van der Waals surface area contributed by atoms with E-state index in [0.29, 0.717) is 0 Å². The summed E-state index contributed by atoms with van der Waals surface area (Å²) in [4.78, 5) is 4.55. The van der Waals surface area contributed by atoms with Gasteiger partial charge in [-0.15, -0.1) is 0 Å². The summed E-state index contributed by atoms with van der Waals surface area (Å²) >= 11 is 5.84. The van der Waals surface area contributed by atoms with Gasteiger partial charge < -0.3 is 0 Å². The molecule has 0 aliphatic carbocycles. The minimum absolute atomic E-state index is 0.281. The Morgan fingerprint density at radius 3 is 2.39 bits per heavy atom. The molecule has 2 heteroatoms. The second-order valence-corrected chi connectivity index (χ2v) is 4.80. The maximum absolute atomic E-state index is 5.84. The molecule has 0 amide bonds. The molecule has 2 aromatic rings. The van der Waals surface area contributed by atoms with Gasteiger partial charge in [0.15, 0.2) is 0 Å². The first kappa shape index (κ1) is 12.8. The third-order valence-electron chi connectivity index (χ3n) is 2.72. The molecule has 1 unspecified atom stereocenters. The van der Waals surface area contributed by atoms with Crippen LogP contribution in [0.5, 0.6) is 0 Å². The molecule has 0 aliphatic heterocycles. The molecule has 0 aliphatic rings. The van der Waals surface area contributed by atoms with E-state index in [0.717, 1.165) is 17.0 Å². The number of hydrogen-bond donors (Lipinski definition) is 0. The van der Waals surface area contributed by atoms with Gasteiger partial charge in [0.1, 0.15) is 0 Å².